The van der Waals surface area contributed by atoms with Gasteiger partial charge >= 0.3 is 0 Å². The molecule has 1 aromatic heterocycles. The van der Waals surface area contributed by atoms with E-state index in [4.69, 9.17) is 9.15 Å². The van der Waals surface area contributed by atoms with Crippen LogP contribution < -0.4 is 15.4 Å². The number of hydrogen-bond donors (Lipinski definition) is 2. The van der Waals surface area contributed by atoms with Gasteiger partial charge in [-0.3, -0.25) is 9.59 Å². The normalized spacial score (nSPS) is 11.1. The molecule has 0 saturated carbocycles. The lowest BCUT2D eigenvalue weighted by Crippen LogP contribution is -2.30. The van der Waals surface area contributed by atoms with Crippen LogP contribution in [0.4, 0.5) is 5.69 Å². The van der Waals surface area contributed by atoms with Gasteiger partial charge in [0.05, 0.1) is 19.1 Å². The molecule has 0 atom stereocenters. The first-order chi connectivity index (χ1) is 14.0. The minimum atomic E-state index is -0.497. The molecule has 0 radical (unpaired) electrons. The van der Waals surface area contributed by atoms with Crippen LogP contribution in [0.3, 0.4) is 0 Å². The van der Waals surface area contributed by atoms with Crippen LogP contribution in [0.15, 0.2) is 71.0 Å². The van der Waals surface area contributed by atoms with Crippen molar-refractivity contribution in [3.63, 3.8) is 0 Å². The molecule has 0 aliphatic heterocycles. The highest BCUT2D eigenvalue weighted by Gasteiger charge is 2.17. The molecule has 2 amide bonds. The number of hydrogen-bond acceptors (Lipinski definition) is 4. The summed E-state index contributed by atoms with van der Waals surface area (Å²) < 4.78 is 10.6. The summed E-state index contributed by atoms with van der Waals surface area (Å²) in [5.74, 6) is 0.0680. The molecule has 3 rings (SSSR count). The van der Waals surface area contributed by atoms with E-state index in [-0.39, 0.29) is 11.6 Å². The van der Waals surface area contributed by atoms with Gasteiger partial charge in [-0.05, 0) is 61.4 Å². The molecule has 6 nitrogen and oxygen atoms in total. The maximum absolute atomic E-state index is 12.9. The number of methoxy groups -OCH3 is 1. The Morgan fingerprint density at radius 2 is 1.79 bits per heavy atom. The monoisotopic (exact) mass is 390 g/mol. The third kappa shape index (κ3) is 4.93. The van der Waals surface area contributed by atoms with Gasteiger partial charge in [0.15, 0.2) is 0 Å². The minimum absolute atomic E-state index is 0.0501. The number of benzene rings is 2. The van der Waals surface area contributed by atoms with Gasteiger partial charge in [0.2, 0.25) is 0 Å². The number of para-hydroxylation sites is 2. The Kier molecular flexibility index (Phi) is 6.14. The van der Waals surface area contributed by atoms with E-state index in [1.165, 1.54) is 19.4 Å². The molecule has 6 heteroatoms. The summed E-state index contributed by atoms with van der Waals surface area (Å²) >= 11 is 0. The zero-order valence-electron chi connectivity index (χ0n) is 16.5. The molecule has 1 heterocycles. The molecule has 148 valence electrons. The Hall–Kier alpha value is -3.80. The van der Waals surface area contributed by atoms with Gasteiger partial charge < -0.3 is 19.8 Å². The van der Waals surface area contributed by atoms with E-state index in [0.29, 0.717) is 22.8 Å². The average molecular weight is 390 g/mol. The minimum Gasteiger partial charge on any atom is -0.495 e. The van der Waals surface area contributed by atoms with E-state index in [9.17, 15) is 9.59 Å². The third-order valence-electron chi connectivity index (χ3n) is 4.45. The van der Waals surface area contributed by atoms with Gasteiger partial charge in [-0.1, -0.05) is 18.2 Å². The number of carbonyl (C=O) groups is 2. The Bertz CT molecular complexity index is 1050. The lowest BCUT2D eigenvalue weighted by atomic mass is 10.1. The SMILES string of the molecule is COc1ccccc1NC(=O)C(=Cc1ccco1)NC(=O)c1ccc(C)c(C)c1. The third-order valence-corrected chi connectivity index (χ3v) is 4.45. The number of anilines is 1. The smallest absolute Gasteiger partial charge is 0.272 e. The largest absolute Gasteiger partial charge is 0.495 e. The van der Waals surface area contributed by atoms with E-state index in [2.05, 4.69) is 10.6 Å². The van der Waals surface area contributed by atoms with Crippen molar-refractivity contribution in [2.24, 2.45) is 0 Å². The maximum atomic E-state index is 12.9. The molecule has 2 N–H and O–H groups in total. The highest BCUT2D eigenvalue weighted by molar-refractivity contribution is 6.11. The molecule has 0 unspecified atom stereocenters. The maximum Gasteiger partial charge on any atom is 0.272 e. The Morgan fingerprint density at radius 3 is 2.48 bits per heavy atom. The van der Waals surface area contributed by atoms with Crippen molar-refractivity contribution >= 4 is 23.6 Å². The topological polar surface area (TPSA) is 80.6 Å². The molecule has 2 aromatic carbocycles. The van der Waals surface area contributed by atoms with Crippen LogP contribution in [-0.4, -0.2) is 18.9 Å². The number of carbonyl (C=O) groups excluding carboxylic acids is 2. The predicted molar refractivity (Wildman–Crippen MR) is 112 cm³/mol. The van der Waals surface area contributed by atoms with Crippen molar-refractivity contribution in [2.45, 2.75) is 13.8 Å². The van der Waals surface area contributed by atoms with Crippen LogP contribution in [-0.2, 0) is 4.79 Å². The van der Waals surface area contributed by atoms with E-state index in [1.807, 2.05) is 19.9 Å². The number of nitrogens with one attached hydrogen (secondary N) is 2. The summed E-state index contributed by atoms with van der Waals surface area (Å²) in [5.41, 5.74) is 3.08. The molecule has 0 aliphatic carbocycles. The van der Waals surface area contributed by atoms with Gasteiger partial charge in [-0.2, -0.15) is 0 Å². The van der Waals surface area contributed by atoms with Crippen LogP contribution in [0, 0.1) is 13.8 Å². The molecule has 0 aliphatic rings. The molecule has 29 heavy (non-hydrogen) atoms. The highest BCUT2D eigenvalue weighted by atomic mass is 16.5. The Morgan fingerprint density at radius 1 is 1.00 bits per heavy atom. The fraction of sp³-hybridized carbons (Fsp3) is 0.130. The van der Waals surface area contributed by atoms with Crippen LogP contribution in [0.1, 0.15) is 27.2 Å². The van der Waals surface area contributed by atoms with Crippen molar-refractivity contribution in [1.82, 2.24) is 5.32 Å². The Balaban J connectivity index is 1.87. The lowest BCUT2D eigenvalue weighted by molar-refractivity contribution is -0.113. The van der Waals surface area contributed by atoms with Crippen LogP contribution in [0.5, 0.6) is 5.75 Å². The van der Waals surface area contributed by atoms with Crippen molar-refractivity contribution in [3.05, 3.63) is 89.0 Å². The summed E-state index contributed by atoms with van der Waals surface area (Å²) in [4.78, 5) is 25.6. The fourth-order valence-corrected chi connectivity index (χ4v) is 2.69. The second-order valence-electron chi connectivity index (χ2n) is 6.48. The van der Waals surface area contributed by atoms with E-state index in [0.717, 1.165) is 11.1 Å². The zero-order valence-corrected chi connectivity index (χ0v) is 16.5. The number of rotatable bonds is 6. The molecular weight excluding hydrogens is 368 g/mol. The highest BCUT2D eigenvalue weighted by Crippen LogP contribution is 2.23. The molecular formula is C23H22N2O4. The van der Waals surface area contributed by atoms with Crippen molar-refractivity contribution in [3.8, 4) is 5.75 Å². The fourth-order valence-electron chi connectivity index (χ4n) is 2.69. The molecule has 0 fully saturated rings. The number of furan rings is 1. The second kappa shape index (κ2) is 8.93. The quantitative estimate of drug-likeness (QED) is 0.615. The zero-order chi connectivity index (χ0) is 20.8. The number of ether oxygens (including phenoxy) is 1. The second-order valence-corrected chi connectivity index (χ2v) is 6.48. The molecule has 0 saturated heterocycles. The van der Waals surface area contributed by atoms with E-state index >= 15 is 0 Å². The average Bonchev–Trinajstić information content (AvgIpc) is 3.23. The number of amides is 2. The summed E-state index contributed by atoms with van der Waals surface area (Å²) in [6.45, 7) is 3.90. The van der Waals surface area contributed by atoms with Gasteiger partial charge in [0.25, 0.3) is 11.8 Å². The molecule has 3 aromatic rings. The lowest BCUT2D eigenvalue weighted by Gasteiger charge is -2.13. The van der Waals surface area contributed by atoms with Gasteiger partial charge in [-0.25, -0.2) is 0 Å². The van der Waals surface area contributed by atoms with Crippen molar-refractivity contribution < 1.29 is 18.7 Å². The summed E-state index contributed by atoms with van der Waals surface area (Å²) in [6, 6.07) is 15.8. The summed E-state index contributed by atoms with van der Waals surface area (Å²) in [6.07, 6.45) is 2.97. The van der Waals surface area contributed by atoms with Gasteiger partial charge in [-0.15, -0.1) is 0 Å². The van der Waals surface area contributed by atoms with Crippen LogP contribution >= 0.6 is 0 Å². The molecule has 0 bridgehead atoms. The van der Waals surface area contributed by atoms with Crippen molar-refractivity contribution in [1.29, 1.82) is 0 Å². The van der Waals surface area contributed by atoms with E-state index in [1.54, 1.807) is 48.5 Å². The Labute approximate surface area is 169 Å². The first kappa shape index (κ1) is 19.9. The first-order valence-corrected chi connectivity index (χ1v) is 9.06. The number of aryl methyl sites for hydroxylation is 2. The van der Waals surface area contributed by atoms with Crippen molar-refractivity contribution in [2.75, 3.05) is 12.4 Å². The van der Waals surface area contributed by atoms with Crippen LogP contribution in [0.2, 0.25) is 0 Å². The van der Waals surface area contributed by atoms with Crippen LogP contribution in [0.25, 0.3) is 6.08 Å². The van der Waals surface area contributed by atoms with E-state index < -0.39 is 5.91 Å². The molecule has 0 spiro atoms. The standard InChI is InChI=1S/C23H22N2O4/c1-15-10-11-17(13-16(15)2)22(26)25-20(14-18-7-6-12-29-18)23(27)24-19-8-4-5-9-21(19)28-3/h4-14H,1-3H3,(H,24,27)(H,25,26). The first-order valence-electron chi connectivity index (χ1n) is 9.06. The van der Waals surface area contributed by atoms with Gasteiger partial charge in [0.1, 0.15) is 17.2 Å². The van der Waals surface area contributed by atoms with Gasteiger partial charge in [0, 0.05) is 11.6 Å². The summed E-state index contributed by atoms with van der Waals surface area (Å²) in [7, 11) is 1.52. The summed E-state index contributed by atoms with van der Waals surface area (Å²) in [5, 5.41) is 5.45. The predicted octanol–water partition coefficient (Wildman–Crippen LogP) is 4.31.